The molecule has 0 unspecified atom stereocenters. The molecule has 7 heteroatoms. The molecule has 4 rings (SSSR count). The first-order valence-corrected chi connectivity index (χ1v) is 10.9. The Balaban J connectivity index is 1.67. The van der Waals surface area contributed by atoms with Crippen molar-refractivity contribution in [2.75, 3.05) is 31.6 Å². The summed E-state index contributed by atoms with van der Waals surface area (Å²) in [5.41, 5.74) is 1.75. The van der Waals surface area contributed by atoms with Gasteiger partial charge in [0, 0.05) is 30.3 Å². The van der Waals surface area contributed by atoms with E-state index in [1.54, 1.807) is 0 Å². The summed E-state index contributed by atoms with van der Waals surface area (Å²) in [5, 5.41) is 12.8. The Morgan fingerprint density at radius 1 is 1.13 bits per heavy atom. The number of hydrogen-bond donors (Lipinski definition) is 2. The number of fused-ring (bicyclic) bond motifs is 3. The van der Waals surface area contributed by atoms with E-state index in [4.69, 9.17) is 4.74 Å². The zero-order valence-corrected chi connectivity index (χ0v) is 17.6. The van der Waals surface area contributed by atoms with Crippen LogP contribution in [-0.2, 0) is 10.9 Å². The van der Waals surface area contributed by atoms with Crippen LogP contribution in [0.4, 0.5) is 18.9 Å². The molecule has 0 amide bonds. The van der Waals surface area contributed by atoms with Crippen molar-refractivity contribution in [3.8, 4) is 0 Å². The number of nitrogens with zero attached hydrogens (tertiary/aromatic N) is 1. The molecule has 2 aromatic carbocycles. The first-order chi connectivity index (χ1) is 14.9. The number of aliphatic hydroxyl groups is 1. The minimum absolute atomic E-state index is 0.0175. The lowest BCUT2D eigenvalue weighted by Gasteiger charge is -2.46. The number of hydrogen-bond acceptors (Lipinski definition) is 4. The van der Waals surface area contributed by atoms with Crippen molar-refractivity contribution in [1.29, 1.82) is 0 Å². The van der Waals surface area contributed by atoms with Crippen LogP contribution in [0.5, 0.6) is 0 Å². The lowest BCUT2D eigenvalue weighted by molar-refractivity contribution is -0.138. The number of halogens is 3. The minimum atomic E-state index is -4.39. The van der Waals surface area contributed by atoms with Crippen molar-refractivity contribution in [2.45, 2.75) is 44.2 Å². The maximum atomic E-state index is 13.4. The smallest absolute Gasteiger partial charge is 0.395 e. The highest BCUT2D eigenvalue weighted by molar-refractivity contribution is 5.58. The number of benzene rings is 2. The van der Waals surface area contributed by atoms with Crippen molar-refractivity contribution in [3.05, 3.63) is 65.2 Å². The molecule has 0 aromatic heterocycles. The fourth-order valence-electron chi connectivity index (χ4n) is 4.87. The van der Waals surface area contributed by atoms with Crippen molar-refractivity contribution < 1.29 is 23.0 Å². The molecule has 2 aliphatic rings. The zero-order chi connectivity index (χ0) is 22.0. The summed E-state index contributed by atoms with van der Waals surface area (Å²) in [6, 6.07) is 13.9. The maximum absolute atomic E-state index is 13.4. The predicted octanol–water partition coefficient (Wildman–Crippen LogP) is 5.02. The number of likely N-dealkylation sites (N-methyl/N-ethyl adjacent to an activating group) is 1. The van der Waals surface area contributed by atoms with Crippen molar-refractivity contribution in [3.63, 3.8) is 0 Å². The highest BCUT2D eigenvalue weighted by atomic mass is 19.4. The van der Waals surface area contributed by atoms with Gasteiger partial charge in [0.2, 0.25) is 0 Å². The van der Waals surface area contributed by atoms with Crippen molar-refractivity contribution >= 4 is 5.69 Å². The van der Waals surface area contributed by atoms with Crippen LogP contribution < -0.4 is 5.32 Å². The average Bonchev–Trinajstić information content (AvgIpc) is 2.77. The van der Waals surface area contributed by atoms with Crippen LogP contribution in [0.1, 0.15) is 48.6 Å². The third kappa shape index (κ3) is 4.73. The molecule has 1 fully saturated rings. The van der Waals surface area contributed by atoms with Gasteiger partial charge < -0.3 is 15.2 Å². The average molecular weight is 435 g/mol. The van der Waals surface area contributed by atoms with E-state index in [0.717, 1.165) is 31.0 Å². The van der Waals surface area contributed by atoms with Crippen LogP contribution >= 0.6 is 0 Å². The molecule has 4 nitrogen and oxygen atoms in total. The second-order valence-electron chi connectivity index (χ2n) is 8.37. The summed E-state index contributed by atoms with van der Waals surface area (Å²) in [4.78, 5) is 2.12. The van der Waals surface area contributed by atoms with Crippen LogP contribution in [0.25, 0.3) is 0 Å². The SMILES string of the molecule is CCN(CCO)C[C@H]1CC[C@@H]2[C@H](O1)c1cc(C(F)(F)F)ccc1N[C@H]2c1ccccc1. The largest absolute Gasteiger partial charge is 0.416 e. The van der Waals surface area contributed by atoms with Crippen LogP contribution in [-0.4, -0.2) is 42.4 Å². The monoisotopic (exact) mass is 434 g/mol. The van der Waals surface area contributed by atoms with Gasteiger partial charge in [-0.3, -0.25) is 4.90 Å². The van der Waals surface area contributed by atoms with Gasteiger partial charge in [0.05, 0.1) is 30.4 Å². The quantitative estimate of drug-likeness (QED) is 0.670. The van der Waals surface area contributed by atoms with E-state index in [0.29, 0.717) is 24.3 Å². The first-order valence-electron chi connectivity index (χ1n) is 10.9. The van der Waals surface area contributed by atoms with Crippen molar-refractivity contribution in [2.24, 2.45) is 5.92 Å². The lowest BCUT2D eigenvalue weighted by Crippen LogP contribution is -2.43. The molecule has 0 saturated carbocycles. The fourth-order valence-corrected chi connectivity index (χ4v) is 4.87. The standard InChI is InChI=1S/C24H29F3N2O2/c1-2-29(12-13-30)15-18-9-10-19-22(16-6-4-3-5-7-16)28-21-11-8-17(24(25,26)27)14-20(21)23(19)31-18/h3-8,11,14,18-19,22-23,28,30H,2,9-10,12-13,15H2,1H3/t18-,19+,22+,23+/m1/s1. The molecule has 2 N–H and O–H groups in total. The van der Waals surface area contributed by atoms with Crippen LogP contribution in [0.2, 0.25) is 0 Å². The van der Waals surface area contributed by atoms with Gasteiger partial charge in [-0.05, 0) is 43.1 Å². The van der Waals surface area contributed by atoms with E-state index in [-0.39, 0.29) is 24.7 Å². The highest BCUT2D eigenvalue weighted by Crippen LogP contribution is 2.51. The van der Waals surface area contributed by atoms with Gasteiger partial charge in [-0.2, -0.15) is 13.2 Å². The minimum Gasteiger partial charge on any atom is -0.395 e. The van der Waals surface area contributed by atoms with Crippen LogP contribution in [0.15, 0.2) is 48.5 Å². The molecule has 0 radical (unpaired) electrons. The third-order valence-corrected chi connectivity index (χ3v) is 6.46. The summed E-state index contributed by atoms with van der Waals surface area (Å²) >= 11 is 0. The lowest BCUT2D eigenvalue weighted by atomic mass is 9.76. The second kappa shape index (κ2) is 9.18. The Hall–Kier alpha value is -2.09. The van der Waals surface area contributed by atoms with Gasteiger partial charge in [-0.1, -0.05) is 37.3 Å². The van der Waals surface area contributed by atoms with E-state index < -0.39 is 17.8 Å². The molecule has 0 bridgehead atoms. The van der Waals surface area contributed by atoms with Gasteiger partial charge in [-0.25, -0.2) is 0 Å². The molecule has 2 heterocycles. The summed E-state index contributed by atoms with van der Waals surface area (Å²) < 4.78 is 46.7. The third-order valence-electron chi connectivity index (χ3n) is 6.46. The summed E-state index contributed by atoms with van der Waals surface area (Å²) in [6.07, 6.45) is -3.19. The number of alkyl halides is 3. The van der Waals surface area contributed by atoms with E-state index in [9.17, 15) is 18.3 Å². The second-order valence-corrected chi connectivity index (χ2v) is 8.37. The number of anilines is 1. The molecule has 2 aliphatic heterocycles. The van der Waals surface area contributed by atoms with Crippen molar-refractivity contribution in [1.82, 2.24) is 4.90 Å². The number of aliphatic hydroxyl groups excluding tert-OH is 1. The molecule has 0 aliphatic carbocycles. The van der Waals surface area contributed by atoms with E-state index in [1.165, 1.54) is 12.1 Å². The molecular formula is C24H29F3N2O2. The Morgan fingerprint density at radius 3 is 2.58 bits per heavy atom. The van der Waals surface area contributed by atoms with E-state index >= 15 is 0 Å². The van der Waals surface area contributed by atoms with Gasteiger partial charge in [0.1, 0.15) is 0 Å². The molecule has 0 spiro atoms. The number of nitrogens with one attached hydrogen (secondary N) is 1. The summed E-state index contributed by atoms with van der Waals surface area (Å²) in [7, 11) is 0. The zero-order valence-electron chi connectivity index (χ0n) is 17.6. The van der Waals surface area contributed by atoms with Crippen LogP contribution in [0.3, 0.4) is 0 Å². The molecular weight excluding hydrogens is 405 g/mol. The molecule has 2 aromatic rings. The van der Waals surface area contributed by atoms with Gasteiger partial charge in [0.25, 0.3) is 0 Å². The molecule has 4 atom stereocenters. The highest BCUT2D eigenvalue weighted by Gasteiger charge is 2.43. The summed E-state index contributed by atoms with van der Waals surface area (Å²) in [5.74, 6) is 0.0440. The Morgan fingerprint density at radius 2 is 1.90 bits per heavy atom. The topological polar surface area (TPSA) is 44.7 Å². The first kappa shape index (κ1) is 22.1. The Kier molecular flexibility index (Phi) is 6.55. The van der Waals surface area contributed by atoms with Gasteiger partial charge >= 0.3 is 6.18 Å². The summed E-state index contributed by atoms with van der Waals surface area (Å²) in [6.45, 7) is 4.12. The predicted molar refractivity (Wildman–Crippen MR) is 114 cm³/mol. The maximum Gasteiger partial charge on any atom is 0.416 e. The normalized spacial score (nSPS) is 25.6. The molecule has 31 heavy (non-hydrogen) atoms. The van der Waals surface area contributed by atoms with E-state index in [1.807, 2.05) is 25.1 Å². The van der Waals surface area contributed by atoms with Gasteiger partial charge in [0.15, 0.2) is 0 Å². The van der Waals surface area contributed by atoms with Crippen LogP contribution in [0, 0.1) is 5.92 Å². The molecule has 1 saturated heterocycles. The van der Waals surface area contributed by atoms with E-state index in [2.05, 4.69) is 22.3 Å². The Bertz CT molecular complexity index is 875. The van der Waals surface area contributed by atoms with Gasteiger partial charge in [-0.15, -0.1) is 0 Å². The molecule has 168 valence electrons. The fraction of sp³-hybridized carbons (Fsp3) is 0.500. The number of rotatable bonds is 6. The Labute approximate surface area is 181 Å². The number of ether oxygens (including phenoxy) is 1.